The summed E-state index contributed by atoms with van der Waals surface area (Å²) >= 11 is 0. The lowest BCUT2D eigenvalue weighted by atomic mass is 10.2. The predicted octanol–water partition coefficient (Wildman–Crippen LogP) is 1.53. The Balaban J connectivity index is 1.77. The van der Waals surface area contributed by atoms with Crippen molar-refractivity contribution in [2.24, 2.45) is 0 Å². The second kappa shape index (κ2) is 6.12. The van der Waals surface area contributed by atoms with Crippen LogP contribution in [-0.2, 0) is 0 Å². The molecule has 3 aromatic heterocycles. The third kappa shape index (κ3) is 3.22. The molecule has 8 nitrogen and oxygen atoms in total. The Morgan fingerprint density at radius 2 is 1.86 bits per heavy atom. The number of hydrogen-bond donors (Lipinski definition) is 1. The number of hydrogen-bond acceptors (Lipinski definition) is 6. The fourth-order valence-corrected chi connectivity index (χ4v) is 2.11. The maximum Gasteiger partial charge on any atom is 0.137 e. The third-order valence-electron chi connectivity index (χ3n) is 3.19. The summed E-state index contributed by atoms with van der Waals surface area (Å²) in [7, 11) is 0. The molecule has 0 fully saturated rings. The Bertz CT molecular complexity index is 634. The summed E-state index contributed by atoms with van der Waals surface area (Å²) in [6.45, 7) is 2.08. The van der Waals surface area contributed by atoms with Crippen molar-refractivity contribution >= 4 is 5.82 Å². The van der Waals surface area contributed by atoms with Crippen LogP contribution in [0.25, 0.3) is 0 Å². The first-order valence-electron chi connectivity index (χ1n) is 6.68. The van der Waals surface area contributed by atoms with E-state index >= 15 is 0 Å². The van der Waals surface area contributed by atoms with Gasteiger partial charge < -0.3 is 5.32 Å². The zero-order valence-corrected chi connectivity index (χ0v) is 11.6. The van der Waals surface area contributed by atoms with Crippen molar-refractivity contribution < 1.29 is 0 Å². The molecular formula is C13H16N8. The minimum absolute atomic E-state index is 0.0680. The quantitative estimate of drug-likeness (QED) is 0.738. The fraction of sp³-hybridized carbons (Fsp3) is 0.308. The molecule has 21 heavy (non-hydrogen) atoms. The standard InChI is InChI=1S/C13H16N8/c1-11(20-9-14-7-17-20)6-13(21-10-15-8-18-21)19-12-4-2-3-5-16-12/h2-5,7-11,13H,6H2,1H3,(H,16,19). The first kappa shape index (κ1) is 13.2. The Kier molecular flexibility index (Phi) is 3.85. The molecule has 3 aromatic rings. The summed E-state index contributed by atoms with van der Waals surface area (Å²) in [5.74, 6) is 0.795. The highest BCUT2D eigenvalue weighted by Crippen LogP contribution is 2.21. The van der Waals surface area contributed by atoms with Gasteiger partial charge in [0.05, 0.1) is 6.04 Å². The number of nitrogens with one attached hydrogen (secondary N) is 1. The molecule has 0 bridgehead atoms. The number of anilines is 1. The summed E-state index contributed by atoms with van der Waals surface area (Å²) < 4.78 is 3.60. The minimum Gasteiger partial charge on any atom is -0.348 e. The summed E-state index contributed by atoms with van der Waals surface area (Å²) in [5, 5.41) is 11.8. The topological polar surface area (TPSA) is 86.3 Å². The van der Waals surface area contributed by atoms with Crippen LogP contribution in [0.1, 0.15) is 25.6 Å². The van der Waals surface area contributed by atoms with Crippen LogP contribution in [0.4, 0.5) is 5.82 Å². The third-order valence-corrected chi connectivity index (χ3v) is 3.19. The number of rotatable bonds is 6. The van der Waals surface area contributed by atoms with Gasteiger partial charge in [0, 0.05) is 12.6 Å². The molecule has 3 heterocycles. The zero-order valence-electron chi connectivity index (χ0n) is 11.6. The van der Waals surface area contributed by atoms with Crippen molar-refractivity contribution in [2.75, 3.05) is 5.32 Å². The Labute approximate surface area is 121 Å². The van der Waals surface area contributed by atoms with Gasteiger partial charge in [-0.15, -0.1) is 0 Å². The van der Waals surface area contributed by atoms with E-state index in [0.717, 1.165) is 12.2 Å². The zero-order chi connectivity index (χ0) is 14.5. The monoisotopic (exact) mass is 284 g/mol. The van der Waals surface area contributed by atoms with Gasteiger partial charge in [-0.1, -0.05) is 6.07 Å². The summed E-state index contributed by atoms with van der Waals surface area (Å²) in [6, 6.07) is 5.91. The number of pyridine rings is 1. The van der Waals surface area contributed by atoms with Crippen LogP contribution in [0.2, 0.25) is 0 Å². The largest absolute Gasteiger partial charge is 0.348 e. The molecule has 0 aromatic carbocycles. The molecule has 8 heteroatoms. The normalized spacial score (nSPS) is 13.8. The highest BCUT2D eigenvalue weighted by Gasteiger charge is 2.17. The molecule has 3 rings (SSSR count). The van der Waals surface area contributed by atoms with Gasteiger partial charge in [-0.3, -0.25) is 4.68 Å². The number of aromatic nitrogens is 7. The van der Waals surface area contributed by atoms with Gasteiger partial charge in [0.15, 0.2) is 0 Å². The van der Waals surface area contributed by atoms with Gasteiger partial charge in [0.25, 0.3) is 0 Å². The SMILES string of the molecule is CC(CC(Nc1ccccn1)n1cncn1)n1cncn1. The van der Waals surface area contributed by atoms with Gasteiger partial charge in [-0.05, 0) is 19.1 Å². The Hall–Kier alpha value is -2.77. The molecule has 0 aliphatic carbocycles. The van der Waals surface area contributed by atoms with Crippen LogP contribution in [-0.4, -0.2) is 34.5 Å². The lowest BCUT2D eigenvalue weighted by molar-refractivity contribution is 0.363. The fourth-order valence-electron chi connectivity index (χ4n) is 2.11. The van der Waals surface area contributed by atoms with E-state index < -0.39 is 0 Å². The van der Waals surface area contributed by atoms with Crippen LogP contribution in [0, 0.1) is 0 Å². The summed E-state index contributed by atoms with van der Waals surface area (Å²) in [6.07, 6.45) is 8.91. The number of nitrogens with zero attached hydrogens (tertiary/aromatic N) is 7. The predicted molar refractivity (Wildman–Crippen MR) is 76.3 cm³/mol. The van der Waals surface area contributed by atoms with Crippen molar-refractivity contribution in [3.05, 3.63) is 49.7 Å². The van der Waals surface area contributed by atoms with Crippen LogP contribution < -0.4 is 5.32 Å². The van der Waals surface area contributed by atoms with Crippen molar-refractivity contribution in [3.8, 4) is 0 Å². The Morgan fingerprint density at radius 1 is 1.10 bits per heavy atom. The Morgan fingerprint density at radius 3 is 2.48 bits per heavy atom. The van der Waals surface area contributed by atoms with Crippen LogP contribution >= 0.6 is 0 Å². The van der Waals surface area contributed by atoms with Crippen molar-refractivity contribution in [2.45, 2.75) is 25.6 Å². The van der Waals surface area contributed by atoms with Crippen LogP contribution in [0.5, 0.6) is 0 Å². The molecular weight excluding hydrogens is 268 g/mol. The summed E-state index contributed by atoms with van der Waals surface area (Å²) in [4.78, 5) is 12.3. The van der Waals surface area contributed by atoms with E-state index in [2.05, 4.69) is 37.4 Å². The highest BCUT2D eigenvalue weighted by molar-refractivity contribution is 5.33. The van der Waals surface area contributed by atoms with Gasteiger partial charge in [-0.25, -0.2) is 19.6 Å². The van der Waals surface area contributed by atoms with E-state index in [0.29, 0.717) is 0 Å². The maximum atomic E-state index is 4.29. The molecule has 1 N–H and O–H groups in total. The molecule has 0 saturated carbocycles. The molecule has 108 valence electrons. The highest BCUT2D eigenvalue weighted by atomic mass is 15.4. The van der Waals surface area contributed by atoms with Crippen molar-refractivity contribution in [3.63, 3.8) is 0 Å². The average molecular weight is 284 g/mol. The van der Waals surface area contributed by atoms with E-state index in [-0.39, 0.29) is 12.2 Å². The molecule has 2 atom stereocenters. The van der Waals surface area contributed by atoms with Crippen LogP contribution in [0.15, 0.2) is 49.7 Å². The first-order valence-corrected chi connectivity index (χ1v) is 6.68. The molecule has 0 radical (unpaired) electrons. The van der Waals surface area contributed by atoms with E-state index in [1.807, 2.05) is 22.9 Å². The second-order valence-electron chi connectivity index (χ2n) is 4.71. The van der Waals surface area contributed by atoms with Gasteiger partial charge in [0.1, 0.15) is 37.3 Å². The van der Waals surface area contributed by atoms with Gasteiger partial charge in [-0.2, -0.15) is 10.2 Å². The molecule has 0 spiro atoms. The molecule has 0 amide bonds. The van der Waals surface area contributed by atoms with E-state index in [4.69, 9.17) is 0 Å². The van der Waals surface area contributed by atoms with E-state index in [1.54, 1.807) is 23.5 Å². The van der Waals surface area contributed by atoms with Crippen molar-refractivity contribution in [1.82, 2.24) is 34.5 Å². The molecule has 0 saturated heterocycles. The summed E-state index contributed by atoms with van der Waals surface area (Å²) in [5.41, 5.74) is 0. The first-order chi connectivity index (χ1) is 10.3. The van der Waals surface area contributed by atoms with Gasteiger partial charge in [0.2, 0.25) is 0 Å². The van der Waals surface area contributed by atoms with Crippen molar-refractivity contribution in [1.29, 1.82) is 0 Å². The lowest BCUT2D eigenvalue weighted by Crippen LogP contribution is -2.23. The van der Waals surface area contributed by atoms with E-state index in [9.17, 15) is 0 Å². The maximum absolute atomic E-state index is 4.29. The van der Waals surface area contributed by atoms with Gasteiger partial charge >= 0.3 is 0 Å². The second-order valence-corrected chi connectivity index (χ2v) is 4.71. The average Bonchev–Trinajstić information content (AvgIpc) is 3.21. The van der Waals surface area contributed by atoms with E-state index in [1.165, 1.54) is 12.7 Å². The van der Waals surface area contributed by atoms with Crippen LogP contribution in [0.3, 0.4) is 0 Å². The minimum atomic E-state index is -0.0680. The lowest BCUT2D eigenvalue weighted by Gasteiger charge is -2.22. The smallest absolute Gasteiger partial charge is 0.137 e. The molecule has 2 unspecified atom stereocenters. The molecule has 0 aliphatic heterocycles. The molecule has 0 aliphatic rings.